The SMILES string of the molecule is COc1cccc(Cc2nsc(N3CCN(C(=O)CC(C)(C)C)[C@@H](C)C3)n2)c1. The van der Waals surface area contributed by atoms with Crippen LogP contribution in [-0.2, 0) is 11.2 Å². The summed E-state index contributed by atoms with van der Waals surface area (Å²) < 4.78 is 9.82. The fourth-order valence-electron chi connectivity index (χ4n) is 3.47. The molecule has 152 valence electrons. The summed E-state index contributed by atoms with van der Waals surface area (Å²) >= 11 is 1.44. The van der Waals surface area contributed by atoms with Crippen LogP contribution in [0.3, 0.4) is 0 Å². The molecule has 0 aliphatic carbocycles. The number of amides is 1. The van der Waals surface area contributed by atoms with Crippen LogP contribution in [0.15, 0.2) is 24.3 Å². The minimum Gasteiger partial charge on any atom is -0.497 e. The van der Waals surface area contributed by atoms with Gasteiger partial charge in [-0.05, 0) is 30.0 Å². The van der Waals surface area contributed by atoms with Crippen molar-refractivity contribution in [2.45, 2.75) is 46.6 Å². The molecule has 1 amide bonds. The molecule has 1 aromatic carbocycles. The van der Waals surface area contributed by atoms with Crippen molar-refractivity contribution >= 4 is 22.6 Å². The normalized spacial score (nSPS) is 17.7. The van der Waals surface area contributed by atoms with Crippen LogP contribution in [0, 0.1) is 5.41 Å². The minimum atomic E-state index is 0.0161. The lowest BCUT2D eigenvalue weighted by atomic mass is 9.91. The molecule has 3 rings (SSSR count). The van der Waals surface area contributed by atoms with Gasteiger partial charge in [0.1, 0.15) is 11.6 Å². The zero-order valence-corrected chi connectivity index (χ0v) is 18.3. The van der Waals surface area contributed by atoms with Gasteiger partial charge >= 0.3 is 0 Å². The van der Waals surface area contributed by atoms with Crippen molar-refractivity contribution in [1.82, 2.24) is 14.3 Å². The van der Waals surface area contributed by atoms with E-state index in [1.807, 2.05) is 23.1 Å². The van der Waals surface area contributed by atoms with Crippen LogP contribution < -0.4 is 9.64 Å². The van der Waals surface area contributed by atoms with E-state index in [2.05, 4.69) is 43.0 Å². The molecule has 7 heteroatoms. The van der Waals surface area contributed by atoms with Crippen molar-refractivity contribution in [3.63, 3.8) is 0 Å². The molecule has 6 nitrogen and oxygen atoms in total. The van der Waals surface area contributed by atoms with E-state index in [0.717, 1.165) is 41.9 Å². The second kappa shape index (κ2) is 8.47. The van der Waals surface area contributed by atoms with Crippen LogP contribution >= 0.6 is 11.5 Å². The lowest BCUT2D eigenvalue weighted by Gasteiger charge is -2.40. The van der Waals surface area contributed by atoms with Crippen molar-refractivity contribution in [1.29, 1.82) is 0 Å². The first-order valence-electron chi connectivity index (χ1n) is 9.75. The molecular weight excluding hydrogens is 372 g/mol. The predicted octanol–water partition coefficient (Wildman–Crippen LogP) is 3.61. The van der Waals surface area contributed by atoms with Gasteiger partial charge in [0.2, 0.25) is 11.0 Å². The van der Waals surface area contributed by atoms with Gasteiger partial charge in [-0.2, -0.15) is 4.37 Å². The molecule has 28 heavy (non-hydrogen) atoms. The Kier molecular flexibility index (Phi) is 6.23. The van der Waals surface area contributed by atoms with E-state index in [9.17, 15) is 4.79 Å². The topological polar surface area (TPSA) is 58.6 Å². The highest BCUT2D eigenvalue weighted by molar-refractivity contribution is 7.09. The van der Waals surface area contributed by atoms with E-state index in [4.69, 9.17) is 9.72 Å². The van der Waals surface area contributed by atoms with Crippen molar-refractivity contribution < 1.29 is 9.53 Å². The monoisotopic (exact) mass is 402 g/mol. The first kappa shape index (κ1) is 20.6. The summed E-state index contributed by atoms with van der Waals surface area (Å²) in [4.78, 5) is 21.6. The number of rotatable bonds is 5. The Labute approximate surface area is 171 Å². The Balaban J connectivity index is 1.61. The summed E-state index contributed by atoms with van der Waals surface area (Å²) in [5, 5.41) is 0.938. The highest BCUT2D eigenvalue weighted by Crippen LogP contribution is 2.25. The van der Waals surface area contributed by atoms with Gasteiger partial charge in [0, 0.05) is 50.1 Å². The highest BCUT2D eigenvalue weighted by atomic mass is 32.1. The number of carbonyl (C=O) groups is 1. The molecule has 1 aliphatic rings. The van der Waals surface area contributed by atoms with Gasteiger partial charge in [-0.3, -0.25) is 4.79 Å². The maximum atomic E-state index is 12.6. The number of aromatic nitrogens is 2. The summed E-state index contributed by atoms with van der Waals surface area (Å²) in [5.41, 5.74) is 1.15. The first-order chi connectivity index (χ1) is 13.2. The Morgan fingerprint density at radius 2 is 2.11 bits per heavy atom. The van der Waals surface area contributed by atoms with Crippen LogP contribution in [0.5, 0.6) is 5.75 Å². The van der Waals surface area contributed by atoms with Crippen molar-refractivity contribution in [3.8, 4) is 5.75 Å². The zero-order valence-electron chi connectivity index (χ0n) is 17.4. The average molecular weight is 403 g/mol. The van der Waals surface area contributed by atoms with Gasteiger partial charge < -0.3 is 14.5 Å². The number of hydrogen-bond donors (Lipinski definition) is 0. The van der Waals surface area contributed by atoms with Crippen molar-refractivity contribution in [2.24, 2.45) is 5.41 Å². The van der Waals surface area contributed by atoms with Crippen LogP contribution in [0.1, 0.15) is 45.5 Å². The number of anilines is 1. The standard InChI is InChI=1S/C21H30N4O2S/c1-15-14-24(9-10-25(15)19(26)13-21(2,3)4)20-22-18(23-28-20)12-16-7-6-8-17(11-16)27-5/h6-8,11,15H,9-10,12-14H2,1-5H3/t15-/m0/s1. The molecule has 0 bridgehead atoms. The van der Waals surface area contributed by atoms with E-state index in [1.54, 1.807) is 7.11 Å². The first-order valence-corrected chi connectivity index (χ1v) is 10.5. The lowest BCUT2D eigenvalue weighted by molar-refractivity contribution is -0.135. The van der Waals surface area contributed by atoms with Crippen LogP contribution in [0.4, 0.5) is 5.13 Å². The largest absolute Gasteiger partial charge is 0.497 e. The van der Waals surface area contributed by atoms with Crippen LogP contribution in [0.25, 0.3) is 0 Å². The Bertz CT molecular complexity index is 815. The summed E-state index contributed by atoms with van der Waals surface area (Å²) in [6.45, 7) is 10.8. The molecule has 0 radical (unpaired) electrons. The van der Waals surface area contributed by atoms with E-state index in [0.29, 0.717) is 12.8 Å². The summed E-state index contributed by atoms with van der Waals surface area (Å²) in [6.07, 6.45) is 1.27. The maximum Gasteiger partial charge on any atom is 0.223 e. The van der Waals surface area contributed by atoms with E-state index < -0.39 is 0 Å². The highest BCUT2D eigenvalue weighted by Gasteiger charge is 2.30. The quantitative estimate of drug-likeness (QED) is 0.765. The molecule has 1 fully saturated rings. The van der Waals surface area contributed by atoms with Gasteiger partial charge in [0.25, 0.3) is 0 Å². The predicted molar refractivity (Wildman–Crippen MR) is 113 cm³/mol. The summed E-state index contributed by atoms with van der Waals surface area (Å²) in [6, 6.07) is 8.17. The lowest BCUT2D eigenvalue weighted by Crippen LogP contribution is -2.54. The third-order valence-electron chi connectivity index (χ3n) is 4.85. The molecule has 2 aromatic rings. The molecule has 0 N–H and O–H groups in total. The van der Waals surface area contributed by atoms with Crippen molar-refractivity contribution in [2.75, 3.05) is 31.6 Å². The smallest absolute Gasteiger partial charge is 0.223 e. The minimum absolute atomic E-state index is 0.0161. The third-order valence-corrected chi connectivity index (χ3v) is 5.67. The van der Waals surface area contributed by atoms with Gasteiger partial charge in [0.15, 0.2) is 0 Å². The number of carbonyl (C=O) groups excluding carboxylic acids is 1. The Morgan fingerprint density at radius 1 is 1.32 bits per heavy atom. The average Bonchev–Trinajstić information content (AvgIpc) is 3.08. The van der Waals surface area contributed by atoms with Gasteiger partial charge in [-0.1, -0.05) is 32.9 Å². The number of hydrogen-bond acceptors (Lipinski definition) is 6. The second-order valence-corrected chi connectivity index (χ2v) is 9.37. The Morgan fingerprint density at radius 3 is 2.79 bits per heavy atom. The molecular formula is C21H30N4O2S. The zero-order chi connectivity index (χ0) is 20.3. The van der Waals surface area contributed by atoms with Crippen LogP contribution in [-0.4, -0.2) is 53.0 Å². The van der Waals surface area contributed by atoms with Crippen LogP contribution in [0.2, 0.25) is 0 Å². The van der Waals surface area contributed by atoms with E-state index >= 15 is 0 Å². The molecule has 0 unspecified atom stereocenters. The number of benzene rings is 1. The van der Waals surface area contributed by atoms with Crippen molar-refractivity contribution in [3.05, 3.63) is 35.7 Å². The van der Waals surface area contributed by atoms with Gasteiger partial charge in [-0.25, -0.2) is 4.98 Å². The molecule has 1 atom stereocenters. The summed E-state index contributed by atoms with van der Waals surface area (Å²) in [5.74, 6) is 1.92. The molecule has 0 spiro atoms. The van der Waals surface area contributed by atoms with Gasteiger partial charge in [0.05, 0.1) is 7.11 Å². The fourth-order valence-corrected chi connectivity index (χ4v) is 4.19. The van der Waals surface area contributed by atoms with E-state index in [-0.39, 0.29) is 17.4 Å². The Hall–Kier alpha value is -2.15. The fraction of sp³-hybridized carbons (Fsp3) is 0.571. The second-order valence-electron chi connectivity index (χ2n) is 8.64. The summed E-state index contributed by atoms with van der Waals surface area (Å²) in [7, 11) is 1.67. The molecule has 0 saturated carbocycles. The molecule has 2 heterocycles. The number of methoxy groups -OCH3 is 1. The van der Waals surface area contributed by atoms with E-state index in [1.165, 1.54) is 11.5 Å². The molecule has 1 aliphatic heterocycles. The molecule has 1 saturated heterocycles. The maximum absolute atomic E-state index is 12.6. The molecule has 1 aromatic heterocycles. The third kappa shape index (κ3) is 5.22. The number of nitrogens with zero attached hydrogens (tertiary/aromatic N) is 4. The number of ether oxygens (including phenoxy) is 1. The van der Waals surface area contributed by atoms with Gasteiger partial charge in [-0.15, -0.1) is 0 Å². The number of piperazine rings is 1.